The van der Waals surface area contributed by atoms with Crippen molar-refractivity contribution < 1.29 is 9.53 Å². The number of hydrazone groups is 1. The van der Waals surface area contributed by atoms with Gasteiger partial charge in [0, 0.05) is 22.6 Å². The zero-order valence-electron chi connectivity index (χ0n) is 19.2. The number of benzene rings is 2. The number of rotatable bonds is 6. The summed E-state index contributed by atoms with van der Waals surface area (Å²) in [6.07, 6.45) is 2.00. The molecule has 0 aliphatic heterocycles. The van der Waals surface area contributed by atoms with E-state index < -0.39 is 0 Å². The van der Waals surface area contributed by atoms with Crippen molar-refractivity contribution in [2.75, 3.05) is 7.11 Å². The summed E-state index contributed by atoms with van der Waals surface area (Å²) in [5.41, 5.74) is 9.12. The fourth-order valence-corrected chi connectivity index (χ4v) is 3.57. The number of carbonyl (C=O) groups is 1. The largest absolute Gasteiger partial charge is 0.497 e. The summed E-state index contributed by atoms with van der Waals surface area (Å²) < 4.78 is 7.39. The number of aryl methyl sites for hydroxylation is 1. The van der Waals surface area contributed by atoms with Gasteiger partial charge in [-0.1, -0.05) is 45.0 Å². The Hall–Kier alpha value is -3.34. The molecule has 0 saturated carbocycles. The van der Waals surface area contributed by atoms with E-state index in [4.69, 9.17) is 4.74 Å². The molecule has 162 valence electrons. The van der Waals surface area contributed by atoms with Crippen LogP contribution in [0.2, 0.25) is 0 Å². The summed E-state index contributed by atoms with van der Waals surface area (Å²) in [5.74, 6) is 0.687. The first kappa shape index (κ1) is 22.3. The van der Waals surface area contributed by atoms with E-state index >= 15 is 0 Å². The lowest BCUT2D eigenvalue weighted by Gasteiger charge is -2.19. The minimum atomic E-state index is -0.135. The van der Waals surface area contributed by atoms with Crippen molar-refractivity contribution in [3.05, 3.63) is 82.7 Å². The van der Waals surface area contributed by atoms with E-state index in [2.05, 4.69) is 61.0 Å². The minimum Gasteiger partial charge on any atom is -0.497 e. The fraction of sp³-hybridized carbons (Fsp3) is 0.308. The number of carbonyl (C=O) groups excluding carboxylic acids is 1. The Morgan fingerprint density at radius 1 is 1.06 bits per heavy atom. The van der Waals surface area contributed by atoms with Crippen molar-refractivity contribution >= 4 is 12.1 Å². The Balaban J connectivity index is 1.65. The second-order valence-corrected chi connectivity index (χ2v) is 8.78. The SMILES string of the molecule is COc1ccc(-n2c(C)cc(/C=N\NC(=O)Cc3ccc(C(C)(C)C)cc3)c2C)cc1. The van der Waals surface area contributed by atoms with Crippen molar-refractivity contribution in [2.24, 2.45) is 5.10 Å². The predicted molar refractivity (Wildman–Crippen MR) is 126 cm³/mol. The van der Waals surface area contributed by atoms with Gasteiger partial charge < -0.3 is 9.30 Å². The maximum atomic E-state index is 12.3. The van der Waals surface area contributed by atoms with Crippen LogP contribution in [0, 0.1) is 13.8 Å². The van der Waals surface area contributed by atoms with Gasteiger partial charge in [-0.2, -0.15) is 5.10 Å². The van der Waals surface area contributed by atoms with Crippen molar-refractivity contribution in [3.8, 4) is 11.4 Å². The Morgan fingerprint density at radius 2 is 1.71 bits per heavy atom. The monoisotopic (exact) mass is 417 g/mol. The number of methoxy groups -OCH3 is 1. The summed E-state index contributed by atoms with van der Waals surface area (Å²) in [4.78, 5) is 12.3. The molecule has 0 bridgehead atoms. The molecule has 2 aromatic carbocycles. The number of hydrogen-bond donors (Lipinski definition) is 1. The van der Waals surface area contributed by atoms with E-state index in [1.165, 1.54) is 5.56 Å². The van der Waals surface area contributed by atoms with Gasteiger partial charge in [0.25, 0.3) is 0 Å². The second kappa shape index (κ2) is 9.21. The molecule has 0 spiro atoms. The topological polar surface area (TPSA) is 55.6 Å². The third kappa shape index (κ3) is 5.43. The molecule has 0 fully saturated rings. The summed E-state index contributed by atoms with van der Waals surface area (Å²) in [7, 11) is 1.66. The van der Waals surface area contributed by atoms with E-state index in [9.17, 15) is 4.79 Å². The average molecular weight is 418 g/mol. The lowest BCUT2D eigenvalue weighted by molar-refractivity contribution is -0.120. The highest BCUT2D eigenvalue weighted by Gasteiger charge is 2.13. The Labute approximate surface area is 184 Å². The van der Waals surface area contributed by atoms with Gasteiger partial charge in [-0.15, -0.1) is 0 Å². The van der Waals surface area contributed by atoms with E-state index in [-0.39, 0.29) is 11.3 Å². The van der Waals surface area contributed by atoms with Gasteiger partial charge in [-0.05, 0) is 60.7 Å². The first-order valence-electron chi connectivity index (χ1n) is 10.4. The van der Waals surface area contributed by atoms with Gasteiger partial charge in [0.1, 0.15) is 5.75 Å². The quantitative estimate of drug-likeness (QED) is 0.448. The molecule has 5 heteroatoms. The molecule has 0 unspecified atom stereocenters. The average Bonchev–Trinajstić information content (AvgIpc) is 3.01. The lowest BCUT2D eigenvalue weighted by Crippen LogP contribution is -2.20. The molecule has 3 aromatic rings. The highest BCUT2D eigenvalue weighted by molar-refractivity contribution is 5.84. The first-order valence-corrected chi connectivity index (χ1v) is 10.4. The third-order valence-corrected chi connectivity index (χ3v) is 5.38. The predicted octanol–water partition coefficient (Wildman–Crippen LogP) is 5.09. The molecule has 1 aromatic heterocycles. The van der Waals surface area contributed by atoms with Crippen LogP contribution in [0.15, 0.2) is 59.7 Å². The number of ether oxygens (including phenoxy) is 1. The van der Waals surface area contributed by atoms with Crippen LogP contribution in [-0.4, -0.2) is 23.8 Å². The van der Waals surface area contributed by atoms with Gasteiger partial charge in [0.05, 0.1) is 19.7 Å². The molecular formula is C26H31N3O2. The number of aromatic nitrogens is 1. The molecule has 3 rings (SSSR count). The molecule has 1 heterocycles. The highest BCUT2D eigenvalue weighted by atomic mass is 16.5. The van der Waals surface area contributed by atoms with Crippen molar-refractivity contribution in [1.82, 2.24) is 9.99 Å². The van der Waals surface area contributed by atoms with Crippen LogP contribution in [0.1, 0.15) is 48.8 Å². The molecule has 0 radical (unpaired) electrons. The smallest absolute Gasteiger partial charge is 0.244 e. The van der Waals surface area contributed by atoms with E-state index in [0.29, 0.717) is 6.42 Å². The summed E-state index contributed by atoms with van der Waals surface area (Å²) >= 11 is 0. The fourth-order valence-electron chi connectivity index (χ4n) is 3.57. The number of nitrogens with one attached hydrogen (secondary N) is 1. The van der Waals surface area contributed by atoms with E-state index in [0.717, 1.165) is 34.0 Å². The third-order valence-electron chi connectivity index (χ3n) is 5.38. The zero-order valence-corrected chi connectivity index (χ0v) is 19.2. The molecular weight excluding hydrogens is 386 g/mol. The van der Waals surface area contributed by atoms with Crippen molar-refractivity contribution in [2.45, 2.75) is 46.5 Å². The molecule has 5 nitrogen and oxygen atoms in total. The van der Waals surface area contributed by atoms with Crippen LogP contribution in [0.4, 0.5) is 0 Å². The normalized spacial score (nSPS) is 11.7. The van der Waals surface area contributed by atoms with Crippen LogP contribution >= 0.6 is 0 Å². The molecule has 0 aliphatic carbocycles. The summed E-state index contributed by atoms with van der Waals surface area (Å²) in [5, 5.41) is 4.17. The van der Waals surface area contributed by atoms with Gasteiger partial charge >= 0.3 is 0 Å². The Kier molecular flexibility index (Phi) is 6.64. The van der Waals surface area contributed by atoms with Gasteiger partial charge in [-0.25, -0.2) is 5.43 Å². The molecule has 0 aliphatic rings. The summed E-state index contributed by atoms with van der Waals surface area (Å²) in [6, 6.07) is 18.2. The molecule has 1 N–H and O–H groups in total. The first-order chi connectivity index (χ1) is 14.7. The van der Waals surface area contributed by atoms with Crippen molar-refractivity contribution in [3.63, 3.8) is 0 Å². The lowest BCUT2D eigenvalue weighted by atomic mass is 9.86. The molecule has 31 heavy (non-hydrogen) atoms. The van der Waals surface area contributed by atoms with Crippen LogP contribution in [0.5, 0.6) is 5.75 Å². The molecule has 0 atom stereocenters. The van der Waals surface area contributed by atoms with Crippen LogP contribution < -0.4 is 10.2 Å². The van der Waals surface area contributed by atoms with Gasteiger partial charge in [0.15, 0.2) is 0 Å². The standard InChI is InChI=1S/C26H31N3O2/c1-18-15-21(19(2)29(18)23-11-13-24(31-6)14-12-23)17-27-28-25(30)16-20-7-9-22(10-8-20)26(3,4)5/h7-15,17H,16H2,1-6H3,(H,28,30)/b27-17-. The zero-order chi connectivity index (χ0) is 22.6. The van der Waals surface area contributed by atoms with E-state index in [1.54, 1.807) is 13.3 Å². The maximum Gasteiger partial charge on any atom is 0.244 e. The number of amides is 1. The van der Waals surface area contributed by atoms with Gasteiger partial charge in [0.2, 0.25) is 5.91 Å². The minimum absolute atomic E-state index is 0.100. The number of hydrogen-bond acceptors (Lipinski definition) is 3. The van der Waals surface area contributed by atoms with Crippen molar-refractivity contribution in [1.29, 1.82) is 0 Å². The van der Waals surface area contributed by atoms with Crippen LogP contribution in [-0.2, 0) is 16.6 Å². The van der Waals surface area contributed by atoms with Crippen LogP contribution in [0.25, 0.3) is 5.69 Å². The van der Waals surface area contributed by atoms with Crippen LogP contribution in [0.3, 0.4) is 0 Å². The van der Waals surface area contributed by atoms with Gasteiger partial charge in [-0.3, -0.25) is 4.79 Å². The Bertz CT molecular complexity index is 1070. The highest BCUT2D eigenvalue weighted by Crippen LogP contribution is 2.23. The van der Waals surface area contributed by atoms with E-state index in [1.807, 2.05) is 43.3 Å². The Morgan fingerprint density at radius 3 is 2.29 bits per heavy atom. The summed E-state index contributed by atoms with van der Waals surface area (Å²) in [6.45, 7) is 10.6. The molecule has 0 saturated heterocycles. The maximum absolute atomic E-state index is 12.3. The molecule has 1 amide bonds. The number of nitrogens with zero attached hydrogens (tertiary/aromatic N) is 2. The second-order valence-electron chi connectivity index (χ2n) is 8.78.